The highest BCUT2D eigenvalue weighted by Gasteiger charge is 2.41. The van der Waals surface area contributed by atoms with Crippen molar-refractivity contribution in [2.24, 2.45) is 0 Å². The molecule has 7 nitrogen and oxygen atoms in total. The van der Waals surface area contributed by atoms with Crippen molar-refractivity contribution < 1.29 is 23.5 Å². The van der Waals surface area contributed by atoms with Gasteiger partial charge in [0.15, 0.2) is 0 Å². The van der Waals surface area contributed by atoms with E-state index in [1.807, 2.05) is 31.2 Å². The standard InChI is InChI=1S/C29H38F2N4O3/c1-18-11-14-32-17-23(18)25(26(37)34-20-9-12-29(30,31)13-10-20)35(27(38)24-15-22(36)16-33-24)21-7-5-19(6-8-21)28(2,3)4/h5-8,11,14,17,20,22,24-25,33,36H,9-10,12-13,15-16H2,1-4H3,(H,34,37). The van der Waals surface area contributed by atoms with E-state index in [1.54, 1.807) is 18.5 Å². The Bertz CT molecular complexity index is 1140. The Morgan fingerprint density at radius 1 is 1.16 bits per heavy atom. The molecule has 1 aliphatic heterocycles. The minimum Gasteiger partial charge on any atom is -0.392 e. The molecule has 9 heteroatoms. The van der Waals surface area contributed by atoms with Crippen LogP contribution in [0, 0.1) is 6.92 Å². The highest BCUT2D eigenvalue weighted by Crippen LogP contribution is 2.35. The van der Waals surface area contributed by atoms with Gasteiger partial charge in [0.2, 0.25) is 17.7 Å². The number of β-amino-alcohol motifs (C(OH)–C–C–N with tert-alkyl or cyclic N) is 1. The summed E-state index contributed by atoms with van der Waals surface area (Å²) in [5.41, 5.74) is 2.83. The monoisotopic (exact) mass is 528 g/mol. The van der Waals surface area contributed by atoms with Crippen LogP contribution in [0.15, 0.2) is 42.7 Å². The lowest BCUT2D eigenvalue weighted by Gasteiger charge is -2.36. The number of amides is 2. The molecule has 0 bridgehead atoms. The van der Waals surface area contributed by atoms with Crippen LogP contribution in [-0.4, -0.2) is 52.6 Å². The first-order chi connectivity index (χ1) is 17.9. The predicted octanol–water partition coefficient (Wildman–Crippen LogP) is 4.18. The summed E-state index contributed by atoms with van der Waals surface area (Å²) in [4.78, 5) is 33.7. The summed E-state index contributed by atoms with van der Waals surface area (Å²) in [5.74, 6) is -3.50. The molecule has 1 saturated carbocycles. The topological polar surface area (TPSA) is 94.6 Å². The molecule has 3 unspecified atom stereocenters. The highest BCUT2D eigenvalue weighted by molar-refractivity contribution is 6.04. The number of anilines is 1. The number of halogens is 2. The Hall–Kier alpha value is -2.91. The molecule has 1 aromatic heterocycles. The fraction of sp³-hybridized carbons (Fsp3) is 0.552. The SMILES string of the molecule is Cc1ccncc1C(C(=O)NC1CCC(F)(F)CC1)N(C(=O)C1CC(O)CN1)c1ccc(C(C)(C)C)cc1. The van der Waals surface area contributed by atoms with Gasteiger partial charge in [-0.25, -0.2) is 8.78 Å². The van der Waals surface area contributed by atoms with Crippen LogP contribution < -0.4 is 15.5 Å². The number of carbonyl (C=O) groups excluding carboxylic acids is 2. The van der Waals surface area contributed by atoms with E-state index >= 15 is 0 Å². The number of nitrogens with one attached hydrogen (secondary N) is 2. The minimum absolute atomic E-state index is 0.107. The Morgan fingerprint density at radius 3 is 2.37 bits per heavy atom. The number of aliphatic hydroxyl groups excluding tert-OH is 1. The fourth-order valence-corrected chi connectivity index (χ4v) is 5.22. The number of hydrogen-bond acceptors (Lipinski definition) is 5. The first-order valence-corrected chi connectivity index (χ1v) is 13.3. The summed E-state index contributed by atoms with van der Waals surface area (Å²) >= 11 is 0. The van der Waals surface area contributed by atoms with Crippen molar-refractivity contribution in [2.75, 3.05) is 11.4 Å². The van der Waals surface area contributed by atoms with Crippen molar-refractivity contribution >= 4 is 17.5 Å². The molecule has 2 aromatic rings. The number of nitrogens with zero attached hydrogens (tertiary/aromatic N) is 2. The average Bonchev–Trinajstić information content (AvgIpc) is 3.30. The zero-order chi connectivity index (χ0) is 27.7. The van der Waals surface area contributed by atoms with Gasteiger partial charge < -0.3 is 15.7 Å². The van der Waals surface area contributed by atoms with Gasteiger partial charge in [-0.05, 0) is 60.9 Å². The summed E-state index contributed by atoms with van der Waals surface area (Å²) in [6.45, 7) is 8.42. The van der Waals surface area contributed by atoms with Crippen molar-refractivity contribution in [3.63, 3.8) is 0 Å². The summed E-state index contributed by atoms with van der Waals surface area (Å²) in [6.07, 6.45) is 2.54. The molecular weight excluding hydrogens is 490 g/mol. The molecule has 2 fully saturated rings. The third-order valence-electron chi connectivity index (χ3n) is 7.60. The number of pyridine rings is 1. The van der Waals surface area contributed by atoms with Crippen LogP contribution in [0.25, 0.3) is 0 Å². The molecule has 2 heterocycles. The van der Waals surface area contributed by atoms with Crippen LogP contribution in [0.3, 0.4) is 0 Å². The summed E-state index contributed by atoms with van der Waals surface area (Å²) < 4.78 is 27.5. The molecular formula is C29H38F2N4O3. The molecule has 3 atom stereocenters. The van der Waals surface area contributed by atoms with E-state index in [9.17, 15) is 23.5 Å². The van der Waals surface area contributed by atoms with Crippen LogP contribution in [0.1, 0.15) is 75.6 Å². The van der Waals surface area contributed by atoms with E-state index in [0.717, 1.165) is 11.1 Å². The molecule has 2 amide bonds. The zero-order valence-corrected chi connectivity index (χ0v) is 22.5. The fourth-order valence-electron chi connectivity index (χ4n) is 5.22. The van der Waals surface area contributed by atoms with Gasteiger partial charge in [0.25, 0.3) is 0 Å². The normalized spacial score (nSPS) is 22.6. The molecule has 2 aliphatic rings. The van der Waals surface area contributed by atoms with Gasteiger partial charge in [0.05, 0.1) is 12.1 Å². The van der Waals surface area contributed by atoms with Crippen LogP contribution in [-0.2, 0) is 15.0 Å². The lowest BCUT2D eigenvalue weighted by Crippen LogP contribution is -2.52. The first-order valence-electron chi connectivity index (χ1n) is 13.3. The Morgan fingerprint density at radius 2 is 1.82 bits per heavy atom. The summed E-state index contributed by atoms with van der Waals surface area (Å²) in [5, 5.41) is 16.1. The largest absolute Gasteiger partial charge is 0.392 e. The average molecular weight is 529 g/mol. The smallest absolute Gasteiger partial charge is 0.248 e. The lowest BCUT2D eigenvalue weighted by atomic mass is 9.87. The van der Waals surface area contributed by atoms with Crippen molar-refractivity contribution in [1.29, 1.82) is 0 Å². The number of benzene rings is 1. The van der Waals surface area contributed by atoms with Crippen molar-refractivity contribution in [3.8, 4) is 0 Å². The molecule has 0 radical (unpaired) electrons. The Balaban J connectivity index is 1.75. The number of aryl methyl sites for hydroxylation is 1. The van der Waals surface area contributed by atoms with E-state index in [-0.39, 0.29) is 50.0 Å². The van der Waals surface area contributed by atoms with Crippen LogP contribution >= 0.6 is 0 Å². The molecule has 3 N–H and O–H groups in total. The van der Waals surface area contributed by atoms with E-state index in [2.05, 4.69) is 36.4 Å². The zero-order valence-electron chi connectivity index (χ0n) is 22.5. The van der Waals surface area contributed by atoms with E-state index in [0.29, 0.717) is 11.3 Å². The molecule has 38 heavy (non-hydrogen) atoms. The molecule has 4 rings (SSSR count). The predicted molar refractivity (Wildman–Crippen MR) is 142 cm³/mol. The number of aromatic nitrogens is 1. The first kappa shape index (κ1) is 28.1. The number of carbonyl (C=O) groups is 2. The molecule has 206 valence electrons. The van der Waals surface area contributed by atoms with Gasteiger partial charge in [-0.1, -0.05) is 32.9 Å². The van der Waals surface area contributed by atoms with Crippen molar-refractivity contribution in [3.05, 3.63) is 59.4 Å². The summed E-state index contributed by atoms with van der Waals surface area (Å²) in [6, 6.07) is 7.18. The molecule has 0 spiro atoms. The molecule has 1 aromatic carbocycles. The maximum atomic E-state index is 14.0. The Kier molecular flexibility index (Phi) is 8.18. The van der Waals surface area contributed by atoms with Gasteiger partial charge in [0, 0.05) is 49.1 Å². The number of alkyl halides is 2. The van der Waals surface area contributed by atoms with Gasteiger partial charge in [-0.2, -0.15) is 0 Å². The van der Waals surface area contributed by atoms with E-state index in [4.69, 9.17) is 0 Å². The highest BCUT2D eigenvalue weighted by atomic mass is 19.3. The number of rotatable bonds is 6. The van der Waals surface area contributed by atoms with E-state index < -0.39 is 36.1 Å². The van der Waals surface area contributed by atoms with Gasteiger partial charge in [0.1, 0.15) is 6.04 Å². The quantitative estimate of drug-likeness (QED) is 0.523. The maximum absolute atomic E-state index is 14.0. The van der Waals surface area contributed by atoms with Gasteiger partial charge in [-0.3, -0.25) is 19.5 Å². The second-order valence-corrected chi connectivity index (χ2v) is 11.6. The Labute approximate surface area is 223 Å². The van der Waals surface area contributed by atoms with Crippen LogP contribution in [0.4, 0.5) is 14.5 Å². The van der Waals surface area contributed by atoms with Crippen LogP contribution in [0.2, 0.25) is 0 Å². The third-order valence-corrected chi connectivity index (χ3v) is 7.60. The van der Waals surface area contributed by atoms with Gasteiger partial charge in [-0.15, -0.1) is 0 Å². The second kappa shape index (κ2) is 11.1. The van der Waals surface area contributed by atoms with E-state index in [1.165, 1.54) is 4.90 Å². The van der Waals surface area contributed by atoms with Gasteiger partial charge >= 0.3 is 0 Å². The maximum Gasteiger partial charge on any atom is 0.248 e. The van der Waals surface area contributed by atoms with Crippen molar-refractivity contribution in [1.82, 2.24) is 15.6 Å². The van der Waals surface area contributed by atoms with Crippen molar-refractivity contribution in [2.45, 2.75) is 95.4 Å². The number of hydrogen-bond donors (Lipinski definition) is 3. The third kappa shape index (κ3) is 6.38. The molecule has 1 saturated heterocycles. The number of aliphatic hydroxyl groups is 1. The minimum atomic E-state index is -2.72. The van der Waals surface area contributed by atoms with Crippen LogP contribution in [0.5, 0.6) is 0 Å². The lowest BCUT2D eigenvalue weighted by molar-refractivity contribution is -0.128. The molecule has 1 aliphatic carbocycles. The second-order valence-electron chi connectivity index (χ2n) is 11.6. The summed E-state index contributed by atoms with van der Waals surface area (Å²) in [7, 11) is 0.